The molecule has 6 heteroatoms. The predicted octanol–water partition coefficient (Wildman–Crippen LogP) is 1.27. The van der Waals surface area contributed by atoms with Gasteiger partial charge in [0, 0.05) is 6.21 Å². The molecule has 0 saturated carbocycles. The number of aromatic hydroxyl groups is 1. The van der Waals surface area contributed by atoms with Gasteiger partial charge in [-0.25, -0.2) is 10.1 Å². The molecule has 0 saturated heterocycles. The zero-order valence-corrected chi connectivity index (χ0v) is 8.58. The molecule has 0 aliphatic carbocycles. The number of aromatic amines is 1. The number of methoxy groups -OCH3 is 1. The van der Waals surface area contributed by atoms with Crippen LogP contribution in [0, 0.1) is 0 Å². The molecular weight excluding hydrogens is 208 g/mol. The molecule has 0 aliphatic rings. The molecule has 1 heterocycles. The summed E-state index contributed by atoms with van der Waals surface area (Å²) in [6.45, 7) is 0. The molecule has 2 aromatic rings. The van der Waals surface area contributed by atoms with Crippen molar-refractivity contribution in [1.29, 1.82) is 0 Å². The number of rotatable bonds is 3. The molecule has 1 aromatic heterocycles. The zero-order valence-electron chi connectivity index (χ0n) is 8.58. The fourth-order valence-corrected chi connectivity index (χ4v) is 1.17. The normalized spacial score (nSPS) is 10.8. The molecule has 16 heavy (non-hydrogen) atoms. The van der Waals surface area contributed by atoms with Crippen molar-refractivity contribution in [1.82, 2.24) is 15.2 Å². The van der Waals surface area contributed by atoms with Gasteiger partial charge < -0.3 is 9.84 Å². The summed E-state index contributed by atoms with van der Waals surface area (Å²) < 4.78 is 4.98. The van der Waals surface area contributed by atoms with E-state index in [0.29, 0.717) is 11.7 Å². The largest absolute Gasteiger partial charge is 0.504 e. The van der Waals surface area contributed by atoms with Gasteiger partial charge in [-0.05, 0) is 23.8 Å². The monoisotopic (exact) mass is 218 g/mol. The molecule has 0 spiro atoms. The van der Waals surface area contributed by atoms with E-state index in [0.717, 1.165) is 5.56 Å². The van der Waals surface area contributed by atoms with Gasteiger partial charge in [-0.15, -0.1) is 0 Å². The van der Waals surface area contributed by atoms with E-state index < -0.39 is 0 Å². The number of H-pyrrole nitrogens is 1. The van der Waals surface area contributed by atoms with E-state index in [9.17, 15) is 5.11 Å². The highest BCUT2D eigenvalue weighted by molar-refractivity contribution is 5.82. The average molecular weight is 218 g/mol. The molecular formula is C10H10N4O2. The van der Waals surface area contributed by atoms with E-state index in [2.05, 4.69) is 20.2 Å². The number of ether oxygens (including phenoxy) is 1. The minimum Gasteiger partial charge on any atom is -0.504 e. The minimum atomic E-state index is 0.0966. The third kappa shape index (κ3) is 2.17. The van der Waals surface area contributed by atoms with Crippen LogP contribution in [0.15, 0.2) is 29.5 Å². The molecule has 6 nitrogen and oxygen atoms in total. The van der Waals surface area contributed by atoms with Gasteiger partial charge in [-0.2, -0.15) is 10.1 Å². The third-order valence-corrected chi connectivity index (χ3v) is 1.94. The highest BCUT2D eigenvalue weighted by Gasteiger charge is 2.00. The van der Waals surface area contributed by atoms with Crippen molar-refractivity contribution in [3.05, 3.63) is 30.1 Å². The van der Waals surface area contributed by atoms with Crippen LogP contribution >= 0.6 is 0 Å². The van der Waals surface area contributed by atoms with Crippen molar-refractivity contribution in [3.63, 3.8) is 0 Å². The minimum absolute atomic E-state index is 0.0966. The maximum absolute atomic E-state index is 9.39. The lowest BCUT2D eigenvalue weighted by Gasteiger charge is -2.02. The maximum Gasteiger partial charge on any atom is 0.245 e. The second-order valence-corrected chi connectivity index (χ2v) is 3.00. The van der Waals surface area contributed by atoms with E-state index >= 15 is 0 Å². The summed E-state index contributed by atoms with van der Waals surface area (Å²) in [7, 11) is 1.49. The van der Waals surface area contributed by atoms with Crippen molar-refractivity contribution in [3.8, 4) is 11.5 Å². The number of benzene rings is 1. The first-order valence-corrected chi connectivity index (χ1v) is 4.56. The zero-order chi connectivity index (χ0) is 11.4. The van der Waals surface area contributed by atoms with Crippen LogP contribution in [-0.2, 0) is 0 Å². The van der Waals surface area contributed by atoms with Gasteiger partial charge in [0.15, 0.2) is 11.5 Å². The first-order valence-electron chi connectivity index (χ1n) is 4.56. The van der Waals surface area contributed by atoms with Crippen LogP contribution in [0.2, 0.25) is 0 Å². The van der Waals surface area contributed by atoms with E-state index in [1.54, 1.807) is 24.4 Å². The maximum atomic E-state index is 9.39. The van der Waals surface area contributed by atoms with Crippen LogP contribution in [0.3, 0.4) is 0 Å². The summed E-state index contributed by atoms with van der Waals surface area (Å²) in [5, 5.41) is 15.7. The number of aliphatic imine (C=N–C) groups is 1. The van der Waals surface area contributed by atoms with Gasteiger partial charge in [-0.1, -0.05) is 0 Å². The highest BCUT2D eigenvalue weighted by atomic mass is 16.5. The van der Waals surface area contributed by atoms with Crippen molar-refractivity contribution < 1.29 is 9.84 Å². The van der Waals surface area contributed by atoms with Crippen LogP contribution in [0.4, 0.5) is 5.95 Å². The van der Waals surface area contributed by atoms with Gasteiger partial charge in [0.05, 0.1) is 7.11 Å². The Morgan fingerprint density at radius 3 is 3.06 bits per heavy atom. The first kappa shape index (κ1) is 10.2. The molecule has 0 fully saturated rings. The molecule has 82 valence electrons. The van der Waals surface area contributed by atoms with E-state index in [1.165, 1.54) is 13.4 Å². The van der Waals surface area contributed by atoms with Gasteiger partial charge in [0.1, 0.15) is 6.33 Å². The Morgan fingerprint density at radius 1 is 1.50 bits per heavy atom. The number of hydrogen-bond donors (Lipinski definition) is 2. The summed E-state index contributed by atoms with van der Waals surface area (Å²) >= 11 is 0. The van der Waals surface area contributed by atoms with Crippen LogP contribution in [0.1, 0.15) is 5.56 Å². The van der Waals surface area contributed by atoms with Crippen LogP contribution < -0.4 is 4.74 Å². The second kappa shape index (κ2) is 4.43. The molecule has 0 aliphatic heterocycles. The number of phenolic OH excluding ortho intramolecular Hbond substituents is 1. The molecule has 2 N–H and O–H groups in total. The lowest BCUT2D eigenvalue weighted by molar-refractivity contribution is 0.373. The number of nitrogens with one attached hydrogen (secondary N) is 1. The Bertz CT molecular complexity index is 494. The van der Waals surface area contributed by atoms with Crippen molar-refractivity contribution in [2.24, 2.45) is 4.99 Å². The lowest BCUT2D eigenvalue weighted by Crippen LogP contribution is -1.87. The standard InChI is InChI=1S/C10H10N4O2/c1-16-9-4-7(2-3-8(9)15)5-11-10-12-6-13-14-10/h2-6,15H,1H3,(H,12,13,14). The molecule has 0 unspecified atom stereocenters. The lowest BCUT2D eigenvalue weighted by atomic mass is 10.2. The fourth-order valence-electron chi connectivity index (χ4n) is 1.17. The summed E-state index contributed by atoms with van der Waals surface area (Å²) in [5.41, 5.74) is 0.797. The Labute approximate surface area is 91.6 Å². The predicted molar refractivity (Wildman–Crippen MR) is 58.3 cm³/mol. The summed E-state index contributed by atoms with van der Waals surface area (Å²) in [6.07, 6.45) is 2.98. The van der Waals surface area contributed by atoms with Gasteiger partial charge in [0.2, 0.25) is 5.95 Å². The van der Waals surface area contributed by atoms with Gasteiger partial charge >= 0.3 is 0 Å². The highest BCUT2D eigenvalue weighted by Crippen LogP contribution is 2.25. The van der Waals surface area contributed by atoms with Gasteiger partial charge in [-0.3, -0.25) is 0 Å². The number of aromatic nitrogens is 3. The summed E-state index contributed by atoms with van der Waals surface area (Å²) in [6, 6.07) is 4.94. The molecule has 0 radical (unpaired) electrons. The topological polar surface area (TPSA) is 83.4 Å². The molecule has 0 bridgehead atoms. The number of phenols is 1. The Balaban J connectivity index is 2.22. The number of hydrogen-bond acceptors (Lipinski definition) is 5. The fraction of sp³-hybridized carbons (Fsp3) is 0.100. The molecule has 0 atom stereocenters. The van der Waals surface area contributed by atoms with Crippen molar-refractivity contribution in [2.75, 3.05) is 7.11 Å². The Kier molecular flexibility index (Phi) is 2.81. The van der Waals surface area contributed by atoms with Gasteiger partial charge in [0.25, 0.3) is 0 Å². The second-order valence-electron chi connectivity index (χ2n) is 3.00. The molecule has 0 amide bonds. The summed E-state index contributed by atoms with van der Waals surface area (Å²) in [5.74, 6) is 0.924. The Hall–Kier alpha value is -2.37. The number of nitrogens with zero attached hydrogens (tertiary/aromatic N) is 3. The smallest absolute Gasteiger partial charge is 0.245 e. The first-order chi connectivity index (χ1) is 7.79. The Morgan fingerprint density at radius 2 is 2.38 bits per heavy atom. The molecule has 2 rings (SSSR count). The van der Waals surface area contributed by atoms with Crippen molar-refractivity contribution in [2.45, 2.75) is 0 Å². The van der Waals surface area contributed by atoms with Crippen LogP contribution in [0.25, 0.3) is 0 Å². The van der Waals surface area contributed by atoms with Crippen molar-refractivity contribution >= 4 is 12.2 Å². The van der Waals surface area contributed by atoms with E-state index in [-0.39, 0.29) is 5.75 Å². The summed E-state index contributed by atoms with van der Waals surface area (Å²) in [4.78, 5) is 7.90. The van der Waals surface area contributed by atoms with E-state index in [1.807, 2.05) is 0 Å². The van der Waals surface area contributed by atoms with Crippen LogP contribution in [-0.4, -0.2) is 33.6 Å². The molecule has 1 aromatic carbocycles. The van der Waals surface area contributed by atoms with Crippen LogP contribution in [0.5, 0.6) is 11.5 Å². The average Bonchev–Trinajstić information content (AvgIpc) is 2.81. The quantitative estimate of drug-likeness (QED) is 0.760. The SMILES string of the molecule is COc1cc(C=Nc2ncn[nH]2)ccc1O. The van der Waals surface area contributed by atoms with E-state index in [4.69, 9.17) is 4.74 Å². The third-order valence-electron chi connectivity index (χ3n) is 1.94.